The first-order chi connectivity index (χ1) is 10.3. The number of ether oxygens (including phenoxy) is 2. The van der Waals surface area contributed by atoms with E-state index in [0.717, 1.165) is 13.2 Å². The van der Waals surface area contributed by atoms with Gasteiger partial charge in [-0.15, -0.1) is 0 Å². The molecule has 0 bridgehead atoms. The minimum atomic E-state index is -4.60. The Labute approximate surface area is 154 Å². The van der Waals surface area contributed by atoms with E-state index in [1.165, 1.54) is 31.4 Å². The SMILES string of the molecule is COC(=O)c1cc(S(=O)(=O)O)c2cc(C(=O)OC)ccc2c1.[NaH]. The van der Waals surface area contributed by atoms with Gasteiger partial charge in [-0.3, -0.25) is 4.55 Å². The van der Waals surface area contributed by atoms with Crippen molar-refractivity contribution in [2.24, 2.45) is 0 Å². The van der Waals surface area contributed by atoms with Gasteiger partial charge in [0.1, 0.15) is 4.90 Å². The van der Waals surface area contributed by atoms with Gasteiger partial charge in [-0.25, -0.2) is 9.59 Å². The van der Waals surface area contributed by atoms with Crippen LogP contribution in [0.1, 0.15) is 20.7 Å². The number of esters is 2. The van der Waals surface area contributed by atoms with Crippen LogP contribution in [-0.2, 0) is 19.6 Å². The van der Waals surface area contributed by atoms with Gasteiger partial charge in [0.15, 0.2) is 0 Å². The summed E-state index contributed by atoms with van der Waals surface area (Å²) in [5.41, 5.74) is 0.0826. The summed E-state index contributed by atoms with van der Waals surface area (Å²) in [7, 11) is -2.26. The van der Waals surface area contributed by atoms with Gasteiger partial charge in [0.05, 0.1) is 25.3 Å². The third-order valence-electron chi connectivity index (χ3n) is 3.04. The van der Waals surface area contributed by atoms with Crippen molar-refractivity contribution in [1.82, 2.24) is 0 Å². The molecule has 0 saturated heterocycles. The number of methoxy groups -OCH3 is 2. The fourth-order valence-electron chi connectivity index (χ4n) is 2.02. The van der Waals surface area contributed by atoms with E-state index >= 15 is 0 Å². The van der Waals surface area contributed by atoms with Crippen LogP contribution in [0.4, 0.5) is 0 Å². The van der Waals surface area contributed by atoms with Gasteiger partial charge in [-0.1, -0.05) is 6.07 Å². The maximum atomic E-state index is 11.6. The molecule has 23 heavy (non-hydrogen) atoms. The first-order valence-corrected chi connectivity index (χ1v) is 7.44. The Morgan fingerprint density at radius 2 is 1.52 bits per heavy atom. The average molecular weight is 348 g/mol. The molecule has 2 rings (SSSR count). The predicted octanol–water partition coefficient (Wildman–Crippen LogP) is 1.01. The third kappa shape index (κ3) is 4.10. The Balaban J connectivity index is 0.00000264. The molecule has 0 fully saturated rings. The quantitative estimate of drug-likeness (QED) is 0.501. The van der Waals surface area contributed by atoms with Gasteiger partial charge in [-0.2, -0.15) is 8.42 Å². The van der Waals surface area contributed by atoms with Gasteiger partial charge in [0.2, 0.25) is 0 Å². The second-order valence-corrected chi connectivity index (χ2v) is 5.76. The molecule has 118 valence electrons. The fraction of sp³-hybridized carbons (Fsp3) is 0.143. The number of carbonyl (C=O) groups excluding carboxylic acids is 2. The molecule has 0 aliphatic heterocycles. The van der Waals surface area contributed by atoms with Crippen molar-refractivity contribution in [3.63, 3.8) is 0 Å². The van der Waals surface area contributed by atoms with Gasteiger partial charge in [0.25, 0.3) is 10.1 Å². The van der Waals surface area contributed by atoms with E-state index in [2.05, 4.69) is 9.47 Å². The number of hydrogen-bond acceptors (Lipinski definition) is 6. The van der Waals surface area contributed by atoms with Crippen molar-refractivity contribution in [1.29, 1.82) is 0 Å². The summed E-state index contributed by atoms with van der Waals surface area (Å²) < 4.78 is 41.6. The minimum absolute atomic E-state index is 0. The normalized spacial score (nSPS) is 10.7. The molecule has 0 saturated carbocycles. The van der Waals surface area contributed by atoms with Crippen LogP contribution in [-0.4, -0.2) is 68.7 Å². The van der Waals surface area contributed by atoms with E-state index in [0.29, 0.717) is 5.39 Å². The number of fused-ring (bicyclic) bond motifs is 1. The average Bonchev–Trinajstić information content (AvgIpc) is 2.50. The zero-order valence-corrected chi connectivity index (χ0v) is 12.5. The maximum absolute atomic E-state index is 11.6. The van der Waals surface area contributed by atoms with Crippen molar-refractivity contribution in [2.45, 2.75) is 4.90 Å². The number of rotatable bonds is 3. The summed E-state index contributed by atoms with van der Waals surface area (Å²) in [6, 6.07) is 6.53. The standard InChI is InChI=1S/C14H12O7S.Na.H/c1-20-13(15)9-4-3-8-5-10(14(16)21-2)7-12(11(8)6-9)22(17,18)19;;/h3-7H,1-2H3,(H,17,18,19);;. The summed E-state index contributed by atoms with van der Waals surface area (Å²) in [4.78, 5) is 22.6. The Bertz CT molecular complexity index is 874. The number of benzene rings is 2. The molecule has 0 unspecified atom stereocenters. The molecule has 7 nitrogen and oxygen atoms in total. The van der Waals surface area contributed by atoms with E-state index in [-0.39, 0.29) is 46.1 Å². The molecule has 0 heterocycles. The van der Waals surface area contributed by atoms with Crippen molar-refractivity contribution in [2.75, 3.05) is 14.2 Å². The van der Waals surface area contributed by atoms with Gasteiger partial charge >= 0.3 is 41.5 Å². The van der Waals surface area contributed by atoms with Gasteiger partial charge in [0, 0.05) is 5.39 Å². The number of carbonyl (C=O) groups is 2. The summed E-state index contributed by atoms with van der Waals surface area (Å²) in [5.74, 6) is -1.40. The molecule has 0 aliphatic carbocycles. The first kappa shape index (κ1) is 19.6. The van der Waals surface area contributed by atoms with E-state index in [4.69, 9.17) is 0 Å². The molecule has 0 atom stereocenters. The van der Waals surface area contributed by atoms with Crippen LogP contribution in [0.2, 0.25) is 0 Å². The fourth-order valence-corrected chi connectivity index (χ4v) is 2.75. The molecular formula is C14H13NaO7S. The second-order valence-electron chi connectivity index (χ2n) is 4.37. The second kappa shape index (κ2) is 7.41. The van der Waals surface area contributed by atoms with Crippen molar-refractivity contribution in [3.05, 3.63) is 41.5 Å². The molecule has 0 amide bonds. The Morgan fingerprint density at radius 3 is 2.04 bits per heavy atom. The Morgan fingerprint density at radius 1 is 0.957 bits per heavy atom. The van der Waals surface area contributed by atoms with Crippen LogP contribution in [0.25, 0.3) is 10.8 Å². The summed E-state index contributed by atoms with van der Waals surface area (Å²) >= 11 is 0. The Hall–Kier alpha value is -1.45. The van der Waals surface area contributed by atoms with E-state index in [1.807, 2.05) is 0 Å². The topological polar surface area (TPSA) is 107 Å². The Kier molecular flexibility index (Phi) is 6.32. The van der Waals surface area contributed by atoms with Crippen LogP contribution >= 0.6 is 0 Å². The number of hydrogen-bond donors (Lipinski definition) is 1. The van der Waals surface area contributed by atoms with Crippen LogP contribution in [0.15, 0.2) is 35.2 Å². The summed E-state index contributed by atoms with van der Waals surface area (Å²) in [6.07, 6.45) is 0. The molecule has 9 heteroatoms. The molecule has 2 aromatic rings. The monoisotopic (exact) mass is 348 g/mol. The first-order valence-electron chi connectivity index (χ1n) is 6.00. The molecule has 0 aromatic heterocycles. The van der Waals surface area contributed by atoms with Crippen LogP contribution < -0.4 is 0 Å². The van der Waals surface area contributed by atoms with Crippen molar-refractivity contribution >= 4 is 62.4 Å². The zero-order chi connectivity index (χ0) is 16.5. The van der Waals surface area contributed by atoms with Gasteiger partial charge in [-0.05, 0) is 29.7 Å². The molecule has 0 radical (unpaired) electrons. The van der Waals surface area contributed by atoms with Crippen LogP contribution in [0.3, 0.4) is 0 Å². The van der Waals surface area contributed by atoms with Gasteiger partial charge < -0.3 is 9.47 Å². The molecule has 0 spiro atoms. The van der Waals surface area contributed by atoms with E-state index in [9.17, 15) is 22.6 Å². The van der Waals surface area contributed by atoms with Crippen LogP contribution in [0.5, 0.6) is 0 Å². The molecule has 2 aromatic carbocycles. The van der Waals surface area contributed by atoms with E-state index in [1.54, 1.807) is 0 Å². The molecular weight excluding hydrogens is 335 g/mol. The third-order valence-corrected chi connectivity index (χ3v) is 3.93. The van der Waals surface area contributed by atoms with E-state index < -0.39 is 27.0 Å². The summed E-state index contributed by atoms with van der Waals surface area (Å²) in [5, 5.41) is 0.446. The van der Waals surface area contributed by atoms with Crippen LogP contribution in [0, 0.1) is 0 Å². The summed E-state index contributed by atoms with van der Waals surface area (Å²) in [6.45, 7) is 0. The molecule has 0 aliphatic rings. The molecule has 1 N–H and O–H groups in total. The predicted molar refractivity (Wildman–Crippen MR) is 83.6 cm³/mol. The van der Waals surface area contributed by atoms with Crippen molar-refractivity contribution < 1.29 is 32.0 Å². The zero-order valence-electron chi connectivity index (χ0n) is 11.7. The van der Waals surface area contributed by atoms with Crippen molar-refractivity contribution in [3.8, 4) is 0 Å².